The summed E-state index contributed by atoms with van der Waals surface area (Å²) >= 11 is 0. The highest BCUT2D eigenvalue weighted by atomic mass is 15.1. The zero-order valence-electron chi connectivity index (χ0n) is 21.4. The lowest BCUT2D eigenvalue weighted by molar-refractivity contribution is 1.29. The highest BCUT2D eigenvalue weighted by Crippen LogP contribution is 2.37. The molecule has 0 fully saturated rings. The van der Waals surface area contributed by atoms with E-state index in [9.17, 15) is 5.41 Å². The predicted molar refractivity (Wildman–Crippen MR) is 164 cm³/mol. The monoisotopic (exact) mass is 526 g/mol. The first-order valence-electron chi connectivity index (χ1n) is 13.2. The number of aromatic nitrogens is 1. The van der Waals surface area contributed by atoms with Crippen LogP contribution in [0.15, 0.2) is 127 Å². The Balaban J connectivity index is 1.40. The number of aliphatic imine (C=N–C) groups is 6. The van der Waals surface area contributed by atoms with Crippen LogP contribution in [0, 0.1) is 5.41 Å². The molecular formula is C33H18N8. The van der Waals surface area contributed by atoms with Crippen molar-refractivity contribution < 1.29 is 0 Å². The van der Waals surface area contributed by atoms with Crippen LogP contribution in [0.25, 0.3) is 10.8 Å². The molecule has 1 aliphatic carbocycles. The van der Waals surface area contributed by atoms with Gasteiger partial charge >= 0.3 is 0 Å². The van der Waals surface area contributed by atoms with E-state index in [2.05, 4.69) is 4.98 Å². The van der Waals surface area contributed by atoms with Crippen LogP contribution in [0.1, 0.15) is 33.4 Å². The van der Waals surface area contributed by atoms with E-state index in [1.807, 2.05) is 97.1 Å². The van der Waals surface area contributed by atoms with E-state index in [4.69, 9.17) is 30.0 Å². The van der Waals surface area contributed by atoms with Gasteiger partial charge in [-0.1, -0.05) is 97.1 Å². The van der Waals surface area contributed by atoms with Crippen LogP contribution in [0.5, 0.6) is 0 Å². The number of fused-ring (bicyclic) bond motifs is 18. The van der Waals surface area contributed by atoms with Crippen LogP contribution in [-0.2, 0) is 0 Å². The second kappa shape index (κ2) is 8.06. The fraction of sp³-hybridized carbons (Fsp3) is 0. The van der Waals surface area contributed by atoms with Crippen molar-refractivity contribution in [3.8, 4) is 0 Å². The highest BCUT2D eigenvalue weighted by molar-refractivity contribution is 6.79. The van der Waals surface area contributed by atoms with Gasteiger partial charge in [-0.3, -0.25) is 5.41 Å². The van der Waals surface area contributed by atoms with Crippen molar-refractivity contribution in [2.24, 2.45) is 30.0 Å². The van der Waals surface area contributed by atoms with Crippen LogP contribution in [-0.4, -0.2) is 45.5 Å². The molecule has 2 N–H and O–H groups in total. The minimum atomic E-state index is 0.229. The Bertz CT molecular complexity index is 2070. The third kappa shape index (κ3) is 3.12. The number of hydrogen-bond acceptors (Lipinski definition) is 7. The fourth-order valence-electron chi connectivity index (χ4n) is 5.78. The van der Waals surface area contributed by atoms with Crippen molar-refractivity contribution in [3.63, 3.8) is 0 Å². The largest absolute Gasteiger partial charge is 0.324 e. The Morgan fingerprint density at radius 2 is 0.732 bits per heavy atom. The number of H-pyrrole nitrogens is 1. The third-order valence-electron chi connectivity index (χ3n) is 7.70. The maximum atomic E-state index is 9.19. The predicted octanol–water partition coefficient (Wildman–Crippen LogP) is 6.17. The first-order chi connectivity index (χ1) is 20.2. The average Bonchev–Trinajstić information content (AvgIpc) is 3.72. The Kier molecular flexibility index (Phi) is 4.32. The van der Waals surface area contributed by atoms with Crippen molar-refractivity contribution in [2.75, 3.05) is 0 Å². The summed E-state index contributed by atoms with van der Waals surface area (Å²) in [6.45, 7) is 0. The van der Waals surface area contributed by atoms with Gasteiger partial charge < -0.3 is 4.98 Å². The molecule has 8 heteroatoms. The maximum absolute atomic E-state index is 9.19. The molecule has 190 valence electrons. The van der Waals surface area contributed by atoms with Crippen LogP contribution in [0.2, 0.25) is 0 Å². The lowest BCUT2D eigenvalue weighted by Gasteiger charge is -2.02. The molecule has 4 aromatic carbocycles. The number of aromatic amines is 1. The summed E-state index contributed by atoms with van der Waals surface area (Å²) in [5, 5.41) is 11.1. The van der Waals surface area contributed by atoms with Crippen molar-refractivity contribution in [2.45, 2.75) is 0 Å². The van der Waals surface area contributed by atoms with E-state index in [1.54, 1.807) is 0 Å². The van der Waals surface area contributed by atoms with E-state index in [0.717, 1.165) is 44.2 Å². The van der Waals surface area contributed by atoms with E-state index < -0.39 is 0 Å². The van der Waals surface area contributed by atoms with Crippen molar-refractivity contribution in [3.05, 3.63) is 130 Å². The molecule has 0 amide bonds. The number of nitrogens with one attached hydrogen (secondary N) is 2. The molecular weight excluding hydrogens is 508 g/mol. The Morgan fingerprint density at radius 3 is 1.15 bits per heavy atom. The molecule has 8 nitrogen and oxygen atoms in total. The SMILES string of the molecule is N=C1C2=NC3=NC(=Nc4[nH]c(c5ccccc45)N=C4N=C(N=C1c1ccccc12)c1ccccc14)c1ccccc13. The summed E-state index contributed by atoms with van der Waals surface area (Å²) in [5.74, 6) is 3.45. The van der Waals surface area contributed by atoms with Crippen LogP contribution < -0.4 is 0 Å². The third-order valence-corrected chi connectivity index (χ3v) is 7.70. The second-order valence-corrected chi connectivity index (χ2v) is 10.0. The summed E-state index contributed by atoms with van der Waals surface area (Å²) in [6, 6.07) is 31.7. The average molecular weight is 527 g/mol. The lowest BCUT2D eigenvalue weighted by atomic mass is 10.1. The molecule has 0 atom stereocenters. The molecule has 8 bridgehead atoms. The van der Waals surface area contributed by atoms with Crippen molar-refractivity contribution in [1.29, 1.82) is 5.41 Å². The summed E-state index contributed by atoms with van der Waals surface area (Å²) in [6.07, 6.45) is 0. The van der Waals surface area contributed by atoms with Gasteiger partial charge in [0.1, 0.15) is 28.8 Å². The van der Waals surface area contributed by atoms with Gasteiger partial charge in [-0.2, -0.15) is 0 Å². The molecule has 0 radical (unpaired) electrons. The number of hydrogen-bond donors (Lipinski definition) is 2. The van der Waals surface area contributed by atoms with E-state index in [1.165, 1.54) is 0 Å². The van der Waals surface area contributed by atoms with Gasteiger partial charge in [0.05, 0.1) is 0 Å². The molecule has 9 rings (SSSR count). The molecule has 5 aromatic rings. The molecule has 4 heterocycles. The standard InChI is InChI=1S/C33H18N8/c34-25-26-17-9-1-2-10-18(17)27(25)36-29-20-12-4-6-14-22(20)31(38-29)40-33-24-16-8-7-15-23(24)32(41-33)39-30-21-13-5-3-11-19(21)28(35-26)37-30/h1-16,34H,(H,35,36,37,38,39,40,41). The van der Waals surface area contributed by atoms with Gasteiger partial charge in [-0.25, -0.2) is 30.0 Å². The zero-order chi connectivity index (χ0) is 27.1. The summed E-state index contributed by atoms with van der Waals surface area (Å²) in [7, 11) is 0. The number of amidine groups is 4. The quantitative estimate of drug-likeness (QED) is 0.240. The molecule has 0 saturated carbocycles. The molecule has 4 aliphatic rings. The second-order valence-electron chi connectivity index (χ2n) is 10.0. The minimum absolute atomic E-state index is 0.229. The fourth-order valence-corrected chi connectivity index (χ4v) is 5.78. The smallest absolute Gasteiger partial charge is 0.164 e. The first-order valence-corrected chi connectivity index (χ1v) is 13.2. The van der Waals surface area contributed by atoms with Crippen LogP contribution >= 0.6 is 0 Å². The van der Waals surface area contributed by atoms with Crippen molar-refractivity contribution in [1.82, 2.24) is 4.98 Å². The van der Waals surface area contributed by atoms with Crippen LogP contribution in [0.3, 0.4) is 0 Å². The summed E-state index contributed by atoms with van der Waals surface area (Å²) < 4.78 is 0. The zero-order valence-corrected chi connectivity index (χ0v) is 21.4. The molecule has 41 heavy (non-hydrogen) atoms. The molecule has 1 aromatic heterocycles. The highest BCUT2D eigenvalue weighted by Gasteiger charge is 2.33. The first kappa shape index (κ1) is 22.0. The minimum Gasteiger partial charge on any atom is -0.324 e. The number of rotatable bonds is 0. The van der Waals surface area contributed by atoms with Gasteiger partial charge in [0, 0.05) is 44.2 Å². The lowest BCUT2D eigenvalue weighted by Crippen LogP contribution is -2.18. The maximum Gasteiger partial charge on any atom is 0.164 e. The summed E-state index contributed by atoms with van der Waals surface area (Å²) in [4.78, 5) is 33.2. The topological polar surface area (TPSA) is 114 Å². The molecule has 0 spiro atoms. The van der Waals surface area contributed by atoms with Gasteiger partial charge in [0.2, 0.25) is 0 Å². The number of benzene rings is 4. The van der Waals surface area contributed by atoms with Gasteiger partial charge in [0.15, 0.2) is 23.3 Å². The van der Waals surface area contributed by atoms with Gasteiger partial charge in [0.25, 0.3) is 0 Å². The Morgan fingerprint density at radius 1 is 0.390 bits per heavy atom. The van der Waals surface area contributed by atoms with E-state index in [0.29, 0.717) is 46.4 Å². The number of nitrogens with zero attached hydrogens (tertiary/aromatic N) is 6. The Labute approximate surface area is 233 Å². The Hall–Kier alpha value is -5.89. The van der Waals surface area contributed by atoms with Gasteiger partial charge in [-0.05, 0) is 0 Å². The van der Waals surface area contributed by atoms with Crippen LogP contribution in [0.4, 0.5) is 11.6 Å². The van der Waals surface area contributed by atoms with E-state index >= 15 is 0 Å². The molecule has 3 aliphatic heterocycles. The van der Waals surface area contributed by atoms with E-state index in [-0.39, 0.29) is 5.71 Å². The normalized spacial score (nSPS) is 16.2. The van der Waals surface area contributed by atoms with Gasteiger partial charge in [-0.15, -0.1) is 0 Å². The molecule has 0 unspecified atom stereocenters. The molecule has 0 saturated heterocycles. The van der Waals surface area contributed by atoms with Crippen molar-refractivity contribution >= 4 is 62.9 Å². The summed E-state index contributed by atoms with van der Waals surface area (Å²) in [5.41, 5.74) is 6.45.